The standard InChI is InChI=1S/C18H19NOS/c1-19-12-11-17(18-10-5-13-21-18)20-16-9-4-7-14-6-2-3-8-15(14)16/h2-10,13,17,19H,11-12H2,1H3/i1D3,12D2,17D. The van der Waals surface area contributed by atoms with Gasteiger partial charge in [-0.2, -0.15) is 0 Å². The van der Waals surface area contributed by atoms with Gasteiger partial charge in [0.05, 0.1) is 1.37 Å². The van der Waals surface area contributed by atoms with Crippen LogP contribution in [0.15, 0.2) is 60.0 Å². The second-order valence-corrected chi connectivity index (χ2v) is 5.41. The summed E-state index contributed by atoms with van der Waals surface area (Å²) in [4.78, 5) is 0.492. The third kappa shape index (κ3) is 3.26. The van der Waals surface area contributed by atoms with E-state index in [-0.39, 0.29) is 0 Å². The summed E-state index contributed by atoms with van der Waals surface area (Å²) in [5.74, 6) is 0.446. The molecule has 1 unspecified atom stereocenters. The Morgan fingerprint density at radius 1 is 1.24 bits per heavy atom. The van der Waals surface area contributed by atoms with Crippen LogP contribution in [0, 0.1) is 0 Å². The molecule has 2 nitrogen and oxygen atoms in total. The Kier molecular flexibility index (Phi) is 2.75. The highest BCUT2D eigenvalue weighted by molar-refractivity contribution is 7.10. The molecule has 1 aromatic heterocycles. The molecule has 0 aliphatic heterocycles. The highest BCUT2D eigenvalue weighted by Crippen LogP contribution is 2.32. The van der Waals surface area contributed by atoms with E-state index in [9.17, 15) is 0 Å². The van der Waals surface area contributed by atoms with Crippen molar-refractivity contribution >= 4 is 22.1 Å². The van der Waals surface area contributed by atoms with E-state index in [4.69, 9.17) is 13.0 Å². The Balaban J connectivity index is 1.99. The third-order valence-electron chi connectivity index (χ3n) is 3.12. The Bertz CT molecular complexity index is 906. The zero-order chi connectivity index (χ0) is 19.7. The largest absolute Gasteiger partial charge is 0.484 e. The van der Waals surface area contributed by atoms with Crippen LogP contribution < -0.4 is 10.1 Å². The van der Waals surface area contributed by atoms with Crippen LogP contribution in [0.2, 0.25) is 0 Å². The van der Waals surface area contributed by atoms with Crippen LogP contribution in [0.4, 0.5) is 0 Å². The zero-order valence-electron chi connectivity index (χ0n) is 17.3. The molecule has 0 saturated carbocycles. The average Bonchev–Trinajstić information content (AvgIpc) is 3.07. The number of nitrogens with one attached hydrogen (secondary N) is 1. The van der Waals surface area contributed by atoms with Crippen molar-refractivity contribution in [1.29, 1.82) is 0 Å². The summed E-state index contributed by atoms with van der Waals surface area (Å²) >= 11 is 1.27. The second-order valence-electron chi connectivity index (χ2n) is 4.46. The number of hydrogen-bond acceptors (Lipinski definition) is 3. The Morgan fingerprint density at radius 2 is 2.14 bits per heavy atom. The minimum atomic E-state index is -2.67. The van der Waals surface area contributed by atoms with Crippen molar-refractivity contribution in [2.75, 3.05) is 13.5 Å². The van der Waals surface area contributed by atoms with Gasteiger partial charge in [0, 0.05) is 23.5 Å². The highest BCUT2D eigenvalue weighted by atomic mass is 32.1. The first-order valence-corrected chi connectivity index (χ1v) is 7.46. The molecule has 2 aromatic carbocycles. The molecule has 108 valence electrons. The summed E-state index contributed by atoms with van der Waals surface area (Å²) < 4.78 is 52.9. The van der Waals surface area contributed by atoms with E-state index >= 15 is 0 Å². The maximum atomic E-state index is 8.88. The van der Waals surface area contributed by atoms with Gasteiger partial charge in [-0.3, -0.25) is 0 Å². The van der Waals surface area contributed by atoms with Gasteiger partial charge < -0.3 is 10.1 Å². The molecule has 0 saturated heterocycles. The van der Waals surface area contributed by atoms with Gasteiger partial charge in [0.25, 0.3) is 0 Å². The predicted molar refractivity (Wildman–Crippen MR) is 90.2 cm³/mol. The molecule has 1 heterocycles. The van der Waals surface area contributed by atoms with Gasteiger partial charge in [-0.05, 0) is 36.4 Å². The van der Waals surface area contributed by atoms with Gasteiger partial charge in [-0.25, -0.2) is 0 Å². The molecule has 1 atom stereocenters. The molecule has 0 radical (unpaired) electrons. The number of rotatable bonds is 6. The van der Waals surface area contributed by atoms with Crippen LogP contribution >= 0.6 is 11.3 Å². The minimum Gasteiger partial charge on any atom is -0.484 e. The fourth-order valence-electron chi connectivity index (χ4n) is 2.15. The lowest BCUT2D eigenvalue weighted by Crippen LogP contribution is -2.15. The topological polar surface area (TPSA) is 21.3 Å². The van der Waals surface area contributed by atoms with E-state index in [0.717, 1.165) is 10.8 Å². The van der Waals surface area contributed by atoms with Gasteiger partial charge >= 0.3 is 0 Å². The summed E-state index contributed by atoms with van der Waals surface area (Å²) in [7, 11) is 0. The predicted octanol–water partition coefficient (Wildman–Crippen LogP) is 4.63. The van der Waals surface area contributed by atoms with Crippen molar-refractivity contribution in [1.82, 2.24) is 5.32 Å². The second kappa shape index (κ2) is 6.74. The maximum Gasteiger partial charge on any atom is 0.134 e. The maximum absolute atomic E-state index is 8.88. The van der Waals surface area contributed by atoms with Crippen molar-refractivity contribution in [2.45, 2.75) is 12.5 Å². The van der Waals surface area contributed by atoms with Gasteiger partial charge in [-0.1, -0.05) is 42.5 Å². The van der Waals surface area contributed by atoms with Crippen LogP contribution in [-0.2, 0) is 0 Å². The van der Waals surface area contributed by atoms with Gasteiger partial charge in [-0.15, -0.1) is 11.3 Å². The molecular weight excluding hydrogens is 278 g/mol. The SMILES string of the molecule is [2H]C([2H])([2H])NC([2H])([2H])CC([2H])(Oc1cccc2ccccc12)c1cccs1. The molecular formula is C18H19NOS. The van der Waals surface area contributed by atoms with E-state index in [1.54, 1.807) is 23.6 Å². The number of hydrogen-bond donors (Lipinski definition) is 1. The molecule has 3 aromatic rings. The Labute approximate surface area is 137 Å². The molecule has 21 heavy (non-hydrogen) atoms. The molecule has 0 aliphatic rings. The van der Waals surface area contributed by atoms with Gasteiger partial charge in [0.2, 0.25) is 0 Å². The van der Waals surface area contributed by atoms with Crippen molar-refractivity contribution in [3.05, 3.63) is 64.9 Å². The van der Waals surface area contributed by atoms with Crippen LogP contribution in [0.1, 0.15) is 25.6 Å². The summed E-state index contributed by atoms with van der Waals surface area (Å²) in [6, 6.07) is 16.5. The number of benzene rings is 2. The molecule has 0 bridgehead atoms. The normalized spacial score (nSPS) is 19.4. The average molecular weight is 303 g/mol. The first-order chi connectivity index (χ1) is 12.6. The van der Waals surface area contributed by atoms with E-state index in [1.807, 2.05) is 41.7 Å². The van der Waals surface area contributed by atoms with E-state index in [1.165, 1.54) is 11.3 Å². The van der Waals surface area contributed by atoms with Crippen LogP contribution in [0.25, 0.3) is 10.8 Å². The number of ether oxygens (including phenoxy) is 1. The molecule has 0 spiro atoms. The summed E-state index contributed by atoms with van der Waals surface area (Å²) in [6.07, 6.45) is -2.29. The lowest BCUT2D eigenvalue weighted by atomic mass is 10.1. The zero-order valence-corrected chi connectivity index (χ0v) is 12.1. The molecule has 1 N–H and O–H groups in total. The minimum absolute atomic E-state index is 0.446. The first-order valence-electron chi connectivity index (χ1n) is 9.58. The summed E-state index contributed by atoms with van der Waals surface area (Å²) in [5, 5.41) is 5.49. The molecule has 0 aliphatic carbocycles. The summed E-state index contributed by atoms with van der Waals surface area (Å²) in [6.45, 7) is -5.00. The molecule has 3 rings (SSSR count). The Hall–Kier alpha value is -1.84. The van der Waals surface area contributed by atoms with Crippen LogP contribution in [0.3, 0.4) is 0 Å². The van der Waals surface area contributed by atoms with Crippen molar-refractivity contribution in [3.63, 3.8) is 0 Å². The lowest BCUT2D eigenvalue weighted by molar-refractivity contribution is 0.201. The highest BCUT2D eigenvalue weighted by Gasteiger charge is 2.15. The fourth-order valence-corrected chi connectivity index (χ4v) is 2.86. The molecule has 0 amide bonds. The quantitative estimate of drug-likeness (QED) is 0.717. The van der Waals surface area contributed by atoms with E-state index < -0.39 is 26.0 Å². The van der Waals surface area contributed by atoms with Crippen LogP contribution in [-0.4, -0.2) is 13.5 Å². The van der Waals surface area contributed by atoms with Crippen molar-refractivity contribution in [2.24, 2.45) is 0 Å². The van der Waals surface area contributed by atoms with Gasteiger partial charge in [0.1, 0.15) is 11.8 Å². The van der Waals surface area contributed by atoms with E-state index in [2.05, 4.69) is 0 Å². The van der Waals surface area contributed by atoms with E-state index in [0.29, 0.717) is 10.6 Å². The first kappa shape index (κ1) is 8.57. The monoisotopic (exact) mass is 303 g/mol. The van der Waals surface area contributed by atoms with Crippen molar-refractivity contribution in [3.8, 4) is 5.75 Å². The third-order valence-corrected chi connectivity index (χ3v) is 4.03. The summed E-state index contributed by atoms with van der Waals surface area (Å²) in [5.41, 5.74) is 0. The molecule has 3 heteroatoms. The number of thiophene rings is 1. The Morgan fingerprint density at radius 3 is 3.00 bits per heavy atom. The smallest absolute Gasteiger partial charge is 0.134 e. The fraction of sp³-hybridized carbons (Fsp3) is 0.222. The number of fused-ring (bicyclic) bond motifs is 1. The lowest BCUT2D eigenvalue weighted by Gasteiger charge is -2.19. The van der Waals surface area contributed by atoms with Crippen molar-refractivity contribution < 1.29 is 13.0 Å². The van der Waals surface area contributed by atoms with Crippen LogP contribution in [0.5, 0.6) is 5.75 Å². The van der Waals surface area contributed by atoms with Gasteiger partial charge in [0.15, 0.2) is 0 Å². The molecule has 0 fully saturated rings.